The number of rotatable bonds is 4. The predicted molar refractivity (Wildman–Crippen MR) is 102 cm³/mol. The van der Waals surface area contributed by atoms with Crippen LogP contribution in [-0.2, 0) is 13.0 Å². The van der Waals surface area contributed by atoms with Crippen molar-refractivity contribution < 1.29 is 18.7 Å². The Kier molecular flexibility index (Phi) is 5.02. The fourth-order valence-corrected chi connectivity index (χ4v) is 3.61. The number of benzene rings is 2. The zero-order valence-corrected chi connectivity index (χ0v) is 15.1. The summed E-state index contributed by atoms with van der Waals surface area (Å²) < 4.78 is 26.7. The molecule has 0 saturated carbocycles. The number of nitrogens with one attached hydrogen (secondary N) is 1. The van der Waals surface area contributed by atoms with Crippen molar-refractivity contribution in [3.8, 4) is 0 Å². The number of nitrogens with zero attached hydrogens (tertiary/aromatic N) is 2. The van der Waals surface area contributed by atoms with Gasteiger partial charge in [0.1, 0.15) is 0 Å². The van der Waals surface area contributed by atoms with Crippen LogP contribution in [0.15, 0.2) is 42.5 Å². The number of aliphatic hydroxyl groups is 1. The number of pyridine rings is 1. The molecule has 0 radical (unpaired) electrons. The average molecular weight is 383 g/mol. The van der Waals surface area contributed by atoms with E-state index in [0.29, 0.717) is 36.0 Å². The molecule has 3 aromatic rings. The molecule has 144 valence electrons. The molecular formula is C21H19F2N3O2. The summed E-state index contributed by atoms with van der Waals surface area (Å²) in [6, 6.07) is 10.6. The van der Waals surface area contributed by atoms with Crippen molar-refractivity contribution in [3.63, 3.8) is 0 Å². The van der Waals surface area contributed by atoms with Gasteiger partial charge < -0.3 is 10.4 Å². The molecule has 0 bridgehead atoms. The average Bonchev–Trinajstić information content (AvgIpc) is 2.69. The molecule has 28 heavy (non-hydrogen) atoms. The van der Waals surface area contributed by atoms with Gasteiger partial charge in [-0.15, -0.1) is 0 Å². The lowest BCUT2D eigenvalue weighted by Gasteiger charge is -2.29. The number of aliphatic hydroxyl groups excluding tert-OH is 1. The van der Waals surface area contributed by atoms with Gasteiger partial charge in [0.25, 0.3) is 5.91 Å². The van der Waals surface area contributed by atoms with E-state index in [4.69, 9.17) is 4.98 Å². The van der Waals surface area contributed by atoms with Gasteiger partial charge in [-0.2, -0.15) is 0 Å². The van der Waals surface area contributed by atoms with E-state index in [1.165, 1.54) is 6.07 Å². The second-order valence-electron chi connectivity index (χ2n) is 6.76. The van der Waals surface area contributed by atoms with Crippen molar-refractivity contribution in [3.05, 3.63) is 70.9 Å². The Morgan fingerprint density at radius 1 is 1.18 bits per heavy atom. The summed E-state index contributed by atoms with van der Waals surface area (Å²) in [4.78, 5) is 19.9. The third-order valence-electron chi connectivity index (χ3n) is 4.95. The van der Waals surface area contributed by atoms with Crippen molar-refractivity contribution in [1.82, 2.24) is 9.88 Å². The van der Waals surface area contributed by atoms with Gasteiger partial charge in [0.2, 0.25) is 0 Å². The number of aromatic nitrogens is 1. The molecule has 5 nitrogen and oxygen atoms in total. The highest BCUT2D eigenvalue weighted by molar-refractivity contribution is 6.13. The molecule has 0 unspecified atom stereocenters. The number of β-amino-alcohol motifs (C(OH)–C–C–N with tert-alkyl or cyclic N) is 1. The van der Waals surface area contributed by atoms with Gasteiger partial charge in [0.05, 0.1) is 17.7 Å². The standard InChI is InChI=1S/C21H19F2N3O2/c22-16-6-5-13(11-17(16)23)24-21(28)20-14-3-1-2-4-18(14)25-19-7-8-26(9-10-27)12-15(19)20/h1-6,11,27H,7-10,12H2,(H,24,28). The maximum absolute atomic E-state index is 13.5. The Morgan fingerprint density at radius 2 is 2.00 bits per heavy atom. The number of halogens is 2. The van der Waals surface area contributed by atoms with E-state index in [-0.39, 0.29) is 12.3 Å². The lowest BCUT2D eigenvalue weighted by molar-refractivity contribution is 0.102. The van der Waals surface area contributed by atoms with Crippen LogP contribution in [0.3, 0.4) is 0 Å². The molecule has 1 aromatic heterocycles. The van der Waals surface area contributed by atoms with Crippen LogP contribution >= 0.6 is 0 Å². The minimum atomic E-state index is -1.02. The van der Waals surface area contributed by atoms with E-state index in [0.717, 1.165) is 29.9 Å². The first kappa shape index (κ1) is 18.5. The van der Waals surface area contributed by atoms with E-state index in [1.54, 1.807) is 0 Å². The van der Waals surface area contributed by atoms with E-state index < -0.39 is 17.5 Å². The highest BCUT2D eigenvalue weighted by atomic mass is 19.2. The number of anilines is 1. The second kappa shape index (κ2) is 7.61. The summed E-state index contributed by atoms with van der Waals surface area (Å²) in [5, 5.41) is 12.6. The zero-order valence-electron chi connectivity index (χ0n) is 15.1. The van der Waals surface area contributed by atoms with Crippen LogP contribution < -0.4 is 5.32 Å². The minimum absolute atomic E-state index is 0.0345. The summed E-state index contributed by atoms with van der Waals surface area (Å²) in [5.74, 6) is -2.38. The SMILES string of the molecule is O=C(Nc1ccc(F)c(F)c1)c1c2c(nc3ccccc13)CCN(CCO)C2. The molecule has 0 saturated heterocycles. The number of amides is 1. The molecule has 0 fully saturated rings. The molecular weight excluding hydrogens is 364 g/mol. The van der Waals surface area contributed by atoms with E-state index >= 15 is 0 Å². The summed E-state index contributed by atoms with van der Waals surface area (Å²) in [7, 11) is 0. The van der Waals surface area contributed by atoms with Crippen LogP contribution in [0.1, 0.15) is 21.6 Å². The first-order valence-corrected chi connectivity index (χ1v) is 9.07. The normalized spacial score (nSPS) is 14.1. The number of para-hydroxylation sites is 1. The molecule has 1 aliphatic heterocycles. The first-order valence-electron chi connectivity index (χ1n) is 9.07. The quantitative estimate of drug-likeness (QED) is 0.727. The molecule has 2 aromatic carbocycles. The Labute approximate surface area is 160 Å². The molecule has 4 rings (SSSR count). The lowest BCUT2D eigenvalue weighted by Crippen LogP contribution is -2.35. The summed E-state index contributed by atoms with van der Waals surface area (Å²) in [5.41, 5.74) is 3.03. The van der Waals surface area contributed by atoms with Gasteiger partial charge in [-0.05, 0) is 18.2 Å². The van der Waals surface area contributed by atoms with Gasteiger partial charge in [0, 0.05) is 54.5 Å². The van der Waals surface area contributed by atoms with Crippen LogP contribution in [0.2, 0.25) is 0 Å². The first-order chi connectivity index (χ1) is 13.6. The number of hydrogen-bond acceptors (Lipinski definition) is 4. The van der Waals surface area contributed by atoms with Gasteiger partial charge in [0.15, 0.2) is 11.6 Å². The molecule has 2 N–H and O–H groups in total. The van der Waals surface area contributed by atoms with Gasteiger partial charge in [-0.1, -0.05) is 18.2 Å². The highest BCUT2D eigenvalue weighted by Crippen LogP contribution is 2.29. The fourth-order valence-electron chi connectivity index (χ4n) is 3.61. The van der Waals surface area contributed by atoms with Gasteiger partial charge >= 0.3 is 0 Å². The third kappa shape index (κ3) is 3.46. The fraction of sp³-hybridized carbons (Fsp3) is 0.238. The van der Waals surface area contributed by atoms with Crippen LogP contribution in [0.4, 0.5) is 14.5 Å². The minimum Gasteiger partial charge on any atom is -0.395 e. The topological polar surface area (TPSA) is 65.5 Å². The van der Waals surface area contributed by atoms with Gasteiger partial charge in [-0.3, -0.25) is 14.7 Å². The van der Waals surface area contributed by atoms with E-state index in [1.807, 2.05) is 24.3 Å². The molecule has 1 aliphatic rings. The molecule has 0 aliphatic carbocycles. The Bertz CT molecular complexity index is 1060. The van der Waals surface area contributed by atoms with Crippen LogP contribution in [0.5, 0.6) is 0 Å². The largest absolute Gasteiger partial charge is 0.395 e. The monoisotopic (exact) mass is 383 g/mol. The van der Waals surface area contributed by atoms with E-state index in [2.05, 4.69) is 10.2 Å². The molecule has 2 heterocycles. The van der Waals surface area contributed by atoms with Crippen molar-refractivity contribution in [1.29, 1.82) is 0 Å². The number of fused-ring (bicyclic) bond motifs is 2. The summed E-state index contributed by atoms with van der Waals surface area (Å²) >= 11 is 0. The summed E-state index contributed by atoms with van der Waals surface area (Å²) in [6.07, 6.45) is 0.672. The van der Waals surface area contributed by atoms with Crippen molar-refractivity contribution in [2.75, 3.05) is 25.0 Å². The van der Waals surface area contributed by atoms with Crippen LogP contribution in [0, 0.1) is 11.6 Å². The van der Waals surface area contributed by atoms with Crippen LogP contribution in [-0.4, -0.2) is 40.6 Å². The zero-order chi connectivity index (χ0) is 19.7. The third-order valence-corrected chi connectivity index (χ3v) is 4.95. The molecule has 0 spiro atoms. The second-order valence-corrected chi connectivity index (χ2v) is 6.76. The van der Waals surface area contributed by atoms with Gasteiger partial charge in [-0.25, -0.2) is 8.78 Å². The highest BCUT2D eigenvalue weighted by Gasteiger charge is 2.25. The van der Waals surface area contributed by atoms with E-state index in [9.17, 15) is 18.7 Å². The maximum Gasteiger partial charge on any atom is 0.256 e. The number of carbonyl (C=O) groups excluding carboxylic acids is 1. The Hall–Kier alpha value is -2.90. The van der Waals surface area contributed by atoms with Crippen molar-refractivity contribution in [2.45, 2.75) is 13.0 Å². The predicted octanol–water partition coefficient (Wildman–Crippen LogP) is 3.12. The Balaban J connectivity index is 1.78. The molecule has 1 amide bonds. The Morgan fingerprint density at radius 3 is 2.79 bits per heavy atom. The maximum atomic E-state index is 13.5. The number of hydrogen-bond donors (Lipinski definition) is 2. The summed E-state index contributed by atoms with van der Waals surface area (Å²) in [6.45, 7) is 1.79. The smallest absolute Gasteiger partial charge is 0.256 e. The lowest BCUT2D eigenvalue weighted by atomic mass is 9.95. The van der Waals surface area contributed by atoms with Crippen molar-refractivity contribution >= 4 is 22.5 Å². The van der Waals surface area contributed by atoms with Crippen molar-refractivity contribution in [2.24, 2.45) is 0 Å². The van der Waals surface area contributed by atoms with Crippen LogP contribution in [0.25, 0.3) is 10.9 Å². The molecule has 7 heteroatoms. The number of carbonyl (C=O) groups is 1. The molecule has 0 atom stereocenters.